The molecule has 0 amide bonds. The molecule has 0 spiro atoms. The summed E-state index contributed by atoms with van der Waals surface area (Å²) in [7, 11) is 0. The lowest BCUT2D eigenvalue weighted by Gasteiger charge is -2.17. The number of Topliss-reactive ketones (excluding diaryl/α,β-unsaturated/α-hetero) is 1. The van der Waals surface area contributed by atoms with Crippen LogP contribution in [0.15, 0.2) is 11.6 Å². The van der Waals surface area contributed by atoms with E-state index in [1.165, 1.54) is 0 Å². The van der Waals surface area contributed by atoms with Gasteiger partial charge in [0.05, 0.1) is 0 Å². The summed E-state index contributed by atoms with van der Waals surface area (Å²) in [5, 5.41) is 0. The van der Waals surface area contributed by atoms with Crippen molar-refractivity contribution in [2.45, 2.75) is 45.4 Å². The summed E-state index contributed by atoms with van der Waals surface area (Å²) < 4.78 is 0. The molecule has 0 aromatic carbocycles. The molecule has 0 radical (unpaired) electrons. The lowest BCUT2D eigenvalue weighted by molar-refractivity contribution is -0.115. The number of carbonyl (C=O) groups excluding carboxylic acids is 1. The maximum absolute atomic E-state index is 11.6. The first-order valence-corrected chi connectivity index (χ1v) is 5.39. The van der Waals surface area contributed by atoms with Crippen molar-refractivity contribution in [3.8, 4) is 12.3 Å². The summed E-state index contributed by atoms with van der Waals surface area (Å²) in [6, 6.07) is 0. The van der Waals surface area contributed by atoms with Crippen LogP contribution in [0, 0.1) is 18.3 Å². The van der Waals surface area contributed by atoms with E-state index < -0.39 is 0 Å². The first-order valence-electron chi connectivity index (χ1n) is 5.39. The zero-order valence-electron chi connectivity index (χ0n) is 8.88. The van der Waals surface area contributed by atoms with Crippen LogP contribution in [0.25, 0.3) is 0 Å². The van der Waals surface area contributed by atoms with Gasteiger partial charge >= 0.3 is 0 Å². The second-order valence-electron chi connectivity index (χ2n) is 4.09. The zero-order chi connectivity index (χ0) is 10.4. The molecular weight excluding hydrogens is 172 g/mol. The third-order valence-corrected chi connectivity index (χ3v) is 2.76. The van der Waals surface area contributed by atoms with Gasteiger partial charge in [0, 0.05) is 12.8 Å². The van der Waals surface area contributed by atoms with Crippen molar-refractivity contribution in [2.24, 2.45) is 5.92 Å². The van der Waals surface area contributed by atoms with Crippen LogP contribution in [0.2, 0.25) is 0 Å². The third kappa shape index (κ3) is 3.38. The van der Waals surface area contributed by atoms with E-state index in [1.54, 1.807) is 0 Å². The predicted octanol–water partition coefficient (Wildman–Crippen LogP) is 3.11. The Morgan fingerprint density at radius 3 is 3.07 bits per heavy atom. The molecule has 0 fully saturated rings. The van der Waals surface area contributed by atoms with Crippen LogP contribution in [0.5, 0.6) is 0 Å². The average molecular weight is 190 g/mol. The van der Waals surface area contributed by atoms with E-state index in [2.05, 4.69) is 18.9 Å². The summed E-state index contributed by atoms with van der Waals surface area (Å²) in [5.41, 5.74) is 1.04. The van der Waals surface area contributed by atoms with Crippen molar-refractivity contribution >= 4 is 5.78 Å². The highest BCUT2D eigenvalue weighted by Gasteiger charge is 2.15. The molecule has 14 heavy (non-hydrogen) atoms. The van der Waals surface area contributed by atoms with Crippen LogP contribution in [0.1, 0.15) is 45.4 Å². The Bertz CT molecular complexity index is 267. The normalized spacial score (nSPS) is 21.1. The molecule has 0 bridgehead atoms. The van der Waals surface area contributed by atoms with Gasteiger partial charge in [0.1, 0.15) is 0 Å². The molecule has 0 aromatic heterocycles. The number of rotatable bonds is 4. The molecule has 1 aliphatic rings. The Balaban J connectivity index is 2.34. The second-order valence-corrected chi connectivity index (χ2v) is 4.09. The van der Waals surface area contributed by atoms with E-state index in [0.29, 0.717) is 12.2 Å². The van der Waals surface area contributed by atoms with Crippen molar-refractivity contribution in [3.63, 3.8) is 0 Å². The van der Waals surface area contributed by atoms with Gasteiger partial charge in [-0.2, -0.15) is 0 Å². The Morgan fingerprint density at radius 1 is 1.71 bits per heavy atom. The van der Waals surface area contributed by atoms with Crippen molar-refractivity contribution in [3.05, 3.63) is 11.6 Å². The van der Waals surface area contributed by atoms with E-state index in [0.717, 1.165) is 43.6 Å². The van der Waals surface area contributed by atoms with Crippen LogP contribution in [0.3, 0.4) is 0 Å². The van der Waals surface area contributed by atoms with Gasteiger partial charge < -0.3 is 0 Å². The zero-order valence-corrected chi connectivity index (χ0v) is 8.88. The maximum Gasteiger partial charge on any atom is 0.158 e. The molecule has 0 heterocycles. The Morgan fingerprint density at radius 2 is 2.50 bits per heavy atom. The van der Waals surface area contributed by atoms with Gasteiger partial charge in [-0.25, -0.2) is 0 Å². The highest BCUT2D eigenvalue weighted by atomic mass is 16.1. The highest BCUT2D eigenvalue weighted by molar-refractivity contribution is 5.95. The average Bonchev–Trinajstić information content (AvgIpc) is 2.19. The minimum Gasteiger partial charge on any atom is -0.295 e. The molecule has 1 rings (SSSR count). The summed E-state index contributed by atoms with van der Waals surface area (Å²) in [4.78, 5) is 11.6. The largest absolute Gasteiger partial charge is 0.295 e. The molecule has 1 heteroatoms. The molecule has 0 saturated carbocycles. The predicted molar refractivity (Wildman–Crippen MR) is 58.8 cm³/mol. The van der Waals surface area contributed by atoms with Crippen molar-refractivity contribution in [1.29, 1.82) is 0 Å². The van der Waals surface area contributed by atoms with Gasteiger partial charge in [0.15, 0.2) is 5.78 Å². The first-order chi connectivity index (χ1) is 6.74. The van der Waals surface area contributed by atoms with E-state index in [4.69, 9.17) is 6.42 Å². The molecule has 1 aliphatic carbocycles. The minimum atomic E-state index is 0.312. The molecule has 0 saturated heterocycles. The summed E-state index contributed by atoms with van der Waals surface area (Å²) in [6.07, 6.45) is 12.6. The van der Waals surface area contributed by atoms with E-state index in [-0.39, 0.29) is 0 Å². The van der Waals surface area contributed by atoms with Gasteiger partial charge in [0.25, 0.3) is 0 Å². The smallest absolute Gasteiger partial charge is 0.158 e. The summed E-state index contributed by atoms with van der Waals surface area (Å²) in [5.74, 6) is 3.62. The molecular formula is C13H18O. The number of terminal acetylenes is 1. The first kappa shape index (κ1) is 11.0. The Labute approximate surface area is 86.6 Å². The van der Waals surface area contributed by atoms with Crippen LogP contribution in [-0.2, 0) is 4.79 Å². The lowest BCUT2D eigenvalue weighted by atomic mass is 9.88. The number of carbonyl (C=O) groups is 1. The van der Waals surface area contributed by atoms with Crippen LogP contribution in [-0.4, -0.2) is 5.78 Å². The minimum absolute atomic E-state index is 0.312. The number of allylic oxidation sites excluding steroid dienone is 2. The van der Waals surface area contributed by atoms with E-state index in [1.807, 2.05) is 0 Å². The van der Waals surface area contributed by atoms with Gasteiger partial charge in [-0.15, -0.1) is 12.3 Å². The van der Waals surface area contributed by atoms with Gasteiger partial charge in [-0.05, 0) is 37.2 Å². The Kier molecular flexibility index (Phi) is 4.46. The number of unbranched alkanes of at least 4 members (excludes halogenated alkanes) is 1. The fraction of sp³-hybridized carbons (Fsp3) is 0.615. The molecule has 0 aliphatic heterocycles. The molecule has 1 nitrogen and oxygen atoms in total. The standard InChI is InChI=1S/C13H18O/c1-3-4-5-6-13(14)12-9-7-11(2)8-10-12/h1,9,11H,4-8,10H2,2H3. The molecule has 0 aromatic rings. The van der Waals surface area contributed by atoms with Crippen molar-refractivity contribution in [1.82, 2.24) is 0 Å². The topological polar surface area (TPSA) is 17.1 Å². The lowest BCUT2D eigenvalue weighted by Crippen LogP contribution is -2.09. The third-order valence-electron chi connectivity index (χ3n) is 2.76. The fourth-order valence-corrected chi connectivity index (χ4v) is 1.73. The van der Waals surface area contributed by atoms with Gasteiger partial charge in [-0.3, -0.25) is 4.79 Å². The molecule has 0 N–H and O–H groups in total. The SMILES string of the molecule is C#CCCCC(=O)C1=CCC(C)CC1. The monoisotopic (exact) mass is 190 g/mol. The molecule has 1 atom stereocenters. The summed E-state index contributed by atoms with van der Waals surface area (Å²) >= 11 is 0. The quantitative estimate of drug-likeness (QED) is 0.492. The van der Waals surface area contributed by atoms with E-state index in [9.17, 15) is 4.79 Å². The van der Waals surface area contributed by atoms with Gasteiger partial charge in [-0.1, -0.05) is 13.0 Å². The van der Waals surface area contributed by atoms with Gasteiger partial charge in [0.2, 0.25) is 0 Å². The number of ketones is 1. The number of hydrogen-bond donors (Lipinski definition) is 0. The van der Waals surface area contributed by atoms with Crippen LogP contribution in [0.4, 0.5) is 0 Å². The maximum atomic E-state index is 11.6. The second kappa shape index (κ2) is 5.65. The Hall–Kier alpha value is -1.03. The van der Waals surface area contributed by atoms with Crippen LogP contribution >= 0.6 is 0 Å². The van der Waals surface area contributed by atoms with Crippen molar-refractivity contribution in [2.75, 3.05) is 0 Å². The number of hydrogen-bond acceptors (Lipinski definition) is 1. The van der Waals surface area contributed by atoms with E-state index >= 15 is 0 Å². The van der Waals surface area contributed by atoms with Crippen molar-refractivity contribution < 1.29 is 4.79 Å². The van der Waals surface area contributed by atoms with Crippen LogP contribution < -0.4 is 0 Å². The fourth-order valence-electron chi connectivity index (χ4n) is 1.73. The molecule has 76 valence electrons. The highest BCUT2D eigenvalue weighted by Crippen LogP contribution is 2.24. The molecule has 1 unspecified atom stereocenters. The summed E-state index contributed by atoms with van der Waals surface area (Å²) in [6.45, 7) is 2.23.